The molecular formula is H2CoO8P2-4. The fourth-order valence-electron chi connectivity index (χ4n) is 0.122. The second-order valence-corrected chi connectivity index (χ2v) is 3.42. The molecule has 0 saturated heterocycles. The van der Waals surface area contributed by atoms with Crippen LogP contribution >= 0.6 is 15.6 Å². The zero-order chi connectivity index (χ0) is 7.71. The normalized spacial score (nSPS) is 11.3. The fraction of sp³-hybridized carbons (Fsp3) is 0. The van der Waals surface area contributed by atoms with Gasteiger partial charge in [-0.15, -0.1) is 0 Å². The van der Waals surface area contributed by atoms with Crippen LogP contribution in [-0.2, 0) is 30.2 Å². The van der Waals surface area contributed by atoms with Crippen molar-refractivity contribution in [2.45, 2.75) is 0 Å². The summed E-state index contributed by atoms with van der Waals surface area (Å²) >= 11 is 0. The minimum absolute atomic E-state index is 0. The summed E-state index contributed by atoms with van der Waals surface area (Å²) in [4.78, 5) is 37.3. The van der Waals surface area contributed by atoms with Crippen LogP contribution in [-0.4, -0.2) is 5.48 Å². The number of hydrogen-bond donors (Lipinski definition) is 0. The van der Waals surface area contributed by atoms with E-state index in [1.54, 1.807) is 0 Å². The minimum atomic E-state index is -5.68. The molecule has 0 fully saturated rings. The monoisotopic (exact) mass is 251 g/mol. The topological polar surface area (TPSA) is 167 Å². The zero-order valence-corrected chi connectivity index (χ0v) is 7.42. The Morgan fingerprint density at radius 3 is 1.09 bits per heavy atom. The second kappa shape index (κ2) is 5.39. The Kier molecular flexibility index (Phi) is 8.67. The van der Waals surface area contributed by atoms with Gasteiger partial charge in [0.1, 0.15) is 0 Å². The molecule has 11 heteroatoms. The van der Waals surface area contributed by atoms with Crippen molar-refractivity contribution in [1.82, 2.24) is 0 Å². The molecule has 0 spiro atoms. The van der Waals surface area contributed by atoms with Crippen molar-refractivity contribution in [2.75, 3.05) is 0 Å². The van der Waals surface area contributed by atoms with E-state index in [2.05, 4.69) is 4.31 Å². The van der Waals surface area contributed by atoms with Gasteiger partial charge in [0.2, 0.25) is 0 Å². The van der Waals surface area contributed by atoms with Gasteiger partial charge in [0.25, 0.3) is 0 Å². The molecule has 0 aromatic rings. The van der Waals surface area contributed by atoms with Crippen LogP contribution in [0, 0.1) is 0 Å². The first-order chi connectivity index (χ1) is 3.71. The van der Waals surface area contributed by atoms with Gasteiger partial charge < -0.3 is 38.5 Å². The van der Waals surface area contributed by atoms with Crippen LogP contribution in [0.5, 0.6) is 0 Å². The van der Waals surface area contributed by atoms with Crippen molar-refractivity contribution >= 4 is 15.6 Å². The first-order valence-electron chi connectivity index (χ1n) is 1.46. The van der Waals surface area contributed by atoms with Gasteiger partial charge in [-0.3, -0.25) is 0 Å². The Hall–Kier alpha value is 0.726. The molecule has 0 amide bonds. The van der Waals surface area contributed by atoms with Crippen molar-refractivity contribution in [3.05, 3.63) is 0 Å². The minimum Gasteiger partial charge on any atom is -0.790 e. The van der Waals surface area contributed by atoms with E-state index in [-0.39, 0.29) is 22.3 Å². The fourth-order valence-corrected chi connectivity index (χ4v) is 1.10. The third kappa shape index (κ3) is 18.1. The molecule has 73 valence electrons. The van der Waals surface area contributed by atoms with Crippen molar-refractivity contribution in [1.29, 1.82) is 0 Å². The first-order valence-corrected chi connectivity index (χ1v) is 4.38. The van der Waals surface area contributed by atoms with Crippen LogP contribution in [0.2, 0.25) is 0 Å². The van der Waals surface area contributed by atoms with Crippen LogP contribution in [0.25, 0.3) is 0 Å². The maximum atomic E-state index is 9.32. The molecule has 0 aliphatic heterocycles. The number of rotatable bonds is 2. The van der Waals surface area contributed by atoms with Gasteiger partial charge in [-0.1, -0.05) is 0 Å². The molecule has 0 heterocycles. The zero-order valence-electron chi connectivity index (χ0n) is 4.59. The number of hydrogen-bond acceptors (Lipinski definition) is 7. The van der Waals surface area contributed by atoms with E-state index in [0.29, 0.717) is 0 Å². The summed E-state index contributed by atoms with van der Waals surface area (Å²) in [6.07, 6.45) is 0. The maximum absolute atomic E-state index is 9.32. The summed E-state index contributed by atoms with van der Waals surface area (Å²) < 4.78 is 21.2. The summed E-state index contributed by atoms with van der Waals surface area (Å²) in [5.41, 5.74) is 0. The smallest absolute Gasteiger partial charge is 0.0655 e. The SMILES string of the molecule is O.O=P([O-])([O-])OP(=O)([O-])[O-].[Co]. The van der Waals surface area contributed by atoms with Gasteiger partial charge >= 0.3 is 0 Å². The van der Waals surface area contributed by atoms with Crippen LogP contribution in [0.3, 0.4) is 0 Å². The molecule has 0 rings (SSSR count). The van der Waals surface area contributed by atoms with Crippen LogP contribution in [0.15, 0.2) is 0 Å². The summed E-state index contributed by atoms with van der Waals surface area (Å²) in [7, 11) is -11.4. The van der Waals surface area contributed by atoms with E-state index in [4.69, 9.17) is 0 Å². The molecule has 0 aromatic heterocycles. The van der Waals surface area contributed by atoms with E-state index >= 15 is 0 Å². The Labute approximate surface area is 71.6 Å². The molecule has 0 aromatic carbocycles. The molecule has 0 aliphatic rings. The maximum Gasteiger partial charge on any atom is 0.0655 e. The Morgan fingerprint density at radius 2 is 1.09 bits per heavy atom. The van der Waals surface area contributed by atoms with Crippen LogP contribution in [0.1, 0.15) is 0 Å². The molecule has 0 saturated carbocycles. The van der Waals surface area contributed by atoms with Crippen molar-refractivity contribution < 1.29 is 55.3 Å². The Morgan fingerprint density at radius 1 is 0.909 bits per heavy atom. The summed E-state index contributed by atoms with van der Waals surface area (Å²) in [6, 6.07) is 0. The molecule has 1 radical (unpaired) electrons. The largest absolute Gasteiger partial charge is 0.790 e. The average Bonchev–Trinajstić information content (AvgIpc) is 1.14. The molecular weight excluding hydrogens is 249 g/mol. The van der Waals surface area contributed by atoms with Crippen molar-refractivity contribution in [3.8, 4) is 0 Å². The summed E-state index contributed by atoms with van der Waals surface area (Å²) in [5.74, 6) is 0. The molecule has 2 N–H and O–H groups in total. The third-order valence-corrected chi connectivity index (χ3v) is 1.80. The van der Waals surface area contributed by atoms with Gasteiger partial charge in [-0.05, 0) is 0 Å². The third-order valence-electron chi connectivity index (χ3n) is 0.200. The molecule has 11 heavy (non-hydrogen) atoms. The average molecular weight is 251 g/mol. The van der Waals surface area contributed by atoms with E-state index in [1.807, 2.05) is 0 Å². The predicted octanol–water partition coefficient (Wildman–Crippen LogP) is -4.17. The second-order valence-electron chi connectivity index (χ2n) is 0.976. The quantitative estimate of drug-likeness (QED) is 0.448. The Balaban J connectivity index is -0.000000320. The van der Waals surface area contributed by atoms with Crippen molar-refractivity contribution in [2.24, 2.45) is 0 Å². The van der Waals surface area contributed by atoms with E-state index < -0.39 is 15.6 Å². The van der Waals surface area contributed by atoms with Gasteiger partial charge in [0.05, 0.1) is 15.6 Å². The van der Waals surface area contributed by atoms with E-state index in [0.717, 1.165) is 0 Å². The van der Waals surface area contributed by atoms with Crippen molar-refractivity contribution in [3.63, 3.8) is 0 Å². The summed E-state index contributed by atoms with van der Waals surface area (Å²) in [5, 5.41) is 0. The van der Waals surface area contributed by atoms with E-state index in [1.165, 1.54) is 0 Å². The standard InChI is InChI=1S/Co.H4O7P2.H2O/c;1-8(2,3)7-9(4,5)6;/h;(H2,1,2,3)(H2,4,5,6);1H2/p-4. The van der Waals surface area contributed by atoms with Crippen LogP contribution < -0.4 is 19.6 Å². The van der Waals surface area contributed by atoms with Gasteiger partial charge in [0, 0.05) is 16.8 Å². The molecule has 0 bridgehead atoms. The van der Waals surface area contributed by atoms with Gasteiger partial charge in [-0.25, -0.2) is 0 Å². The Bertz CT molecular complexity index is 153. The predicted molar refractivity (Wildman–Crippen MR) is 19.9 cm³/mol. The molecule has 0 atom stereocenters. The molecule has 0 aliphatic carbocycles. The first kappa shape index (κ1) is 17.7. The molecule has 8 nitrogen and oxygen atoms in total. The van der Waals surface area contributed by atoms with Gasteiger partial charge in [-0.2, -0.15) is 0 Å². The summed E-state index contributed by atoms with van der Waals surface area (Å²) in [6.45, 7) is 0. The van der Waals surface area contributed by atoms with E-state index in [9.17, 15) is 28.7 Å². The van der Waals surface area contributed by atoms with Gasteiger partial charge in [0.15, 0.2) is 0 Å². The van der Waals surface area contributed by atoms with Crippen LogP contribution in [0.4, 0.5) is 0 Å². The molecule has 0 unspecified atom stereocenters. The number of phosphoric acid groups is 2.